The summed E-state index contributed by atoms with van der Waals surface area (Å²) in [6.45, 7) is 5.40. The van der Waals surface area contributed by atoms with E-state index in [-0.39, 0.29) is 0 Å². The number of hydrogen-bond donors (Lipinski definition) is 1. The molecule has 0 aromatic carbocycles. The third-order valence-electron chi connectivity index (χ3n) is 2.35. The van der Waals surface area contributed by atoms with Crippen molar-refractivity contribution in [3.8, 4) is 0 Å². The average Bonchev–Trinajstić information content (AvgIpc) is 2.30. The monoisotopic (exact) mass is 197 g/mol. The first-order valence-corrected chi connectivity index (χ1v) is 5.49. The number of nitrogens with zero attached hydrogens (tertiary/aromatic N) is 2. The van der Waals surface area contributed by atoms with Gasteiger partial charge in [-0.3, -0.25) is 0 Å². The minimum atomic E-state index is 0.942. The number of aryl methyl sites for hydroxylation is 1. The summed E-state index contributed by atoms with van der Waals surface area (Å²) >= 11 is 1.82. The summed E-state index contributed by atoms with van der Waals surface area (Å²) in [4.78, 5) is 8.26. The Morgan fingerprint density at radius 2 is 2.31 bits per heavy atom. The summed E-state index contributed by atoms with van der Waals surface area (Å²) in [5.41, 5.74) is 1.18. The van der Waals surface area contributed by atoms with Crippen LogP contribution < -0.4 is 10.2 Å². The average molecular weight is 197 g/mol. The molecule has 1 aliphatic heterocycles. The molecule has 0 aliphatic carbocycles. The maximum absolute atomic E-state index is 4.56. The Morgan fingerprint density at radius 1 is 1.54 bits per heavy atom. The zero-order chi connectivity index (χ0) is 9.26. The number of aromatic nitrogens is 1. The molecule has 0 bridgehead atoms. The second kappa shape index (κ2) is 3.64. The van der Waals surface area contributed by atoms with Gasteiger partial charge in [0.25, 0.3) is 0 Å². The largest absolute Gasteiger partial charge is 0.348 e. The Bertz CT molecular complexity index is 291. The molecule has 0 unspecified atom stereocenters. The summed E-state index contributed by atoms with van der Waals surface area (Å²) in [6.07, 6.45) is 1.32. The van der Waals surface area contributed by atoms with Crippen LogP contribution in [0.3, 0.4) is 0 Å². The molecule has 13 heavy (non-hydrogen) atoms. The Morgan fingerprint density at radius 3 is 2.85 bits per heavy atom. The van der Waals surface area contributed by atoms with Crippen molar-refractivity contribution in [2.75, 3.05) is 25.0 Å². The predicted molar refractivity (Wildman–Crippen MR) is 56.4 cm³/mol. The maximum Gasteiger partial charge on any atom is 0.185 e. The van der Waals surface area contributed by atoms with Crippen LogP contribution in [-0.2, 0) is 6.54 Å². The van der Waals surface area contributed by atoms with E-state index in [2.05, 4.69) is 22.1 Å². The van der Waals surface area contributed by atoms with Crippen LogP contribution in [0.4, 0.5) is 5.13 Å². The topological polar surface area (TPSA) is 28.2 Å². The summed E-state index contributed by atoms with van der Waals surface area (Å²) in [5, 5.41) is 4.37. The van der Waals surface area contributed by atoms with Crippen molar-refractivity contribution in [3.63, 3.8) is 0 Å². The molecule has 3 nitrogen and oxygen atoms in total. The zero-order valence-electron chi connectivity index (χ0n) is 8.13. The molecule has 1 saturated heterocycles. The van der Waals surface area contributed by atoms with E-state index in [1.54, 1.807) is 0 Å². The summed E-state index contributed by atoms with van der Waals surface area (Å²) in [7, 11) is 1.97. The molecule has 72 valence electrons. The van der Waals surface area contributed by atoms with Gasteiger partial charge in [0, 0.05) is 24.5 Å². The first-order valence-electron chi connectivity index (χ1n) is 4.67. The predicted octanol–water partition coefficient (Wildman–Crippen LogP) is 1.38. The zero-order valence-corrected chi connectivity index (χ0v) is 8.95. The fraction of sp³-hybridized carbons (Fsp3) is 0.667. The minimum Gasteiger partial charge on any atom is -0.348 e. The SMILES string of the molecule is CNCc1sc(N2CCC2)nc1C. The van der Waals surface area contributed by atoms with Crippen LogP contribution >= 0.6 is 11.3 Å². The van der Waals surface area contributed by atoms with Gasteiger partial charge in [-0.15, -0.1) is 11.3 Å². The van der Waals surface area contributed by atoms with Crippen LogP contribution in [0.25, 0.3) is 0 Å². The van der Waals surface area contributed by atoms with Crippen molar-refractivity contribution in [1.82, 2.24) is 10.3 Å². The lowest BCUT2D eigenvalue weighted by Crippen LogP contribution is -2.36. The maximum atomic E-state index is 4.56. The first-order chi connectivity index (χ1) is 6.31. The summed E-state index contributed by atoms with van der Waals surface area (Å²) in [5.74, 6) is 0. The number of hydrogen-bond acceptors (Lipinski definition) is 4. The molecule has 0 amide bonds. The number of nitrogens with one attached hydrogen (secondary N) is 1. The lowest BCUT2D eigenvalue weighted by atomic mass is 10.2. The normalized spacial score (nSPS) is 16.0. The van der Waals surface area contributed by atoms with E-state index in [1.165, 1.54) is 35.2 Å². The van der Waals surface area contributed by atoms with E-state index in [0.29, 0.717) is 0 Å². The van der Waals surface area contributed by atoms with Crippen LogP contribution in [0.15, 0.2) is 0 Å². The highest BCUT2D eigenvalue weighted by molar-refractivity contribution is 7.15. The third kappa shape index (κ3) is 1.69. The fourth-order valence-electron chi connectivity index (χ4n) is 1.38. The molecule has 2 heterocycles. The van der Waals surface area contributed by atoms with Crippen LogP contribution in [-0.4, -0.2) is 25.1 Å². The molecular weight excluding hydrogens is 182 g/mol. The molecule has 0 radical (unpaired) electrons. The molecule has 0 atom stereocenters. The van der Waals surface area contributed by atoms with Gasteiger partial charge in [0.1, 0.15) is 0 Å². The van der Waals surface area contributed by atoms with Gasteiger partial charge >= 0.3 is 0 Å². The highest BCUT2D eigenvalue weighted by Gasteiger charge is 2.18. The second-order valence-corrected chi connectivity index (χ2v) is 4.44. The van der Waals surface area contributed by atoms with Gasteiger partial charge in [-0.25, -0.2) is 4.98 Å². The van der Waals surface area contributed by atoms with Gasteiger partial charge in [0.05, 0.1) is 5.69 Å². The van der Waals surface area contributed by atoms with Crippen molar-refractivity contribution in [2.45, 2.75) is 19.9 Å². The molecule has 4 heteroatoms. The lowest BCUT2D eigenvalue weighted by Gasteiger charge is -2.30. The Balaban J connectivity index is 2.14. The van der Waals surface area contributed by atoms with E-state index < -0.39 is 0 Å². The fourth-order valence-corrected chi connectivity index (χ4v) is 2.50. The lowest BCUT2D eigenvalue weighted by molar-refractivity contribution is 0.615. The smallest absolute Gasteiger partial charge is 0.185 e. The summed E-state index contributed by atoms with van der Waals surface area (Å²) < 4.78 is 0. The van der Waals surface area contributed by atoms with Crippen LogP contribution in [0.2, 0.25) is 0 Å². The molecule has 0 saturated carbocycles. The van der Waals surface area contributed by atoms with Crippen molar-refractivity contribution in [2.24, 2.45) is 0 Å². The van der Waals surface area contributed by atoms with Crippen LogP contribution in [0.1, 0.15) is 17.0 Å². The quantitative estimate of drug-likeness (QED) is 0.793. The summed E-state index contributed by atoms with van der Waals surface area (Å²) in [6, 6.07) is 0. The molecule has 0 spiro atoms. The molecule has 2 rings (SSSR count). The van der Waals surface area contributed by atoms with E-state index >= 15 is 0 Å². The van der Waals surface area contributed by atoms with Crippen molar-refractivity contribution >= 4 is 16.5 Å². The van der Waals surface area contributed by atoms with E-state index in [9.17, 15) is 0 Å². The molecule has 1 fully saturated rings. The van der Waals surface area contributed by atoms with Crippen molar-refractivity contribution in [3.05, 3.63) is 10.6 Å². The molecule has 1 aliphatic rings. The van der Waals surface area contributed by atoms with Gasteiger partial charge in [-0.1, -0.05) is 0 Å². The Labute approximate surface area is 82.8 Å². The first kappa shape index (κ1) is 8.97. The van der Waals surface area contributed by atoms with Gasteiger partial charge in [0.15, 0.2) is 5.13 Å². The standard InChI is InChI=1S/C9H15N3S/c1-7-8(6-10-2)13-9(11-7)12-4-3-5-12/h10H,3-6H2,1-2H3. The van der Waals surface area contributed by atoms with Gasteiger partial charge in [-0.05, 0) is 20.4 Å². The van der Waals surface area contributed by atoms with Crippen LogP contribution in [0.5, 0.6) is 0 Å². The third-order valence-corrected chi connectivity index (χ3v) is 3.56. The Kier molecular flexibility index (Phi) is 2.51. The van der Waals surface area contributed by atoms with E-state index in [4.69, 9.17) is 0 Å². The highest BCUT2D eigenvalue weighted by Crippen LogP contribution is 2.28. The van der Waals surface area contributed by atoms with Crippen molar-refractivity contribution < 1.29 is 0 Å². The second-order valence-electron chi connectivity index (χ2n) is 3.38. The van der Waals surface area contributed by atoms with Gasteiger partial charge in [0.2, 0.25) is 0 Å². The molecule has 1 N–H and O–H groups in total. The number of rotatable bonds is 3. The van der Waals surface area contributed by atoms with Gasteiger partial charge in [-0.2, -0.15) is 0 Å². The van der Waals surface area contributed by atoms with Gasteiger partial charge < -0.3 is 10.2 Å². The van der Waals surface area contributed by atoms with E-state index in [0.717, 1.165) is 6.54 Å². The minimum absolute atomic E-state index is 0.942. The Hall–Kier alpha value is -0.610. The van der Waals surface area contributed by atoms with Crippen LogP contribution in [0, 0.1) is 6.92 Å². The molecule has 1 aromatic heterocycles. The highest BCUT2D eigenvalue weighted by atomic mass is 32.1. The number of thiazole rings is 1. The van der Waals surface area contributed by atoms with Crippen molar-refractivity contribution in [1.29, 1.82) is 0 Å². The number of anilines is 1. The van der Waals surface area contributed by atoms with E-state index in [1.807, 2.05) is 18.4 Å². The molecular formula is C9H15N3S. The molecule has 1 aromatic rings.